The van der Waals surface area contributed by atoms with E-state index in [-0.39, 0.29) is 0 Å². The highest BCUT2D eigenvalue weighted by atomic mass is 32.1. The van der Waals surface area contributed by atoms with Gasteiger partial charge in [-0.15, -0.1) is 11.3 Å². The lowest BCUT2D eigenvalue weighted by Crippen LogP contribution is -2.04. The summed E-state index contributed by atoms with van der Waals surface area (Å²) in [5.41, 5.74) is 6.22. The van der Waals surface area contributed by atoms with E-state index in [1.54, 1.807) is 11.3 Å². The van der Waals surface area contributed by atoms with E-state index in [1.165, 1.54) is 41.7 Å². The molecule has 3 heterocycles. The molecule has 0 bridgehead atoms. The maximum atomic E-state index is 5.39. The number of hydrogen-bond acceptors (Lipinski definition) is 4. The summed E-state index contributed by atoms with van der Waals surface area (Å²) in [6, 6.07) is 60.3. The molecule has 3 aromatic heterocycles. The zero-order valence-electron chi connectivity index (χ0n) is 27.9. The van der Waals surface area contributed by atoms with Crippen molar-refractivity contribution in [3.05, 3.63) is 170 Å². The number of hydrogen-bond donors (Lipinski definition) is 0. The molecule has 0 amide bonds. The highest BCUT2D eigenvalue weighted by Gasteiger charge is 2.22. The molecule has 4 nitrogen and oxygen atoms in total. The van der Waals surface area contributed by atoms with E-state index in [2.05, 4.69) is 156 Å². The Balaban J connectivity index is 1.27. The first kappa shape index (κ1) is 29.1. The molecule has 0 unspecified atom stereocenters. The van der Waals surface area contributed by atoms with Crippen molar-refractivity contribution < 1.29 is 0 Å². The maximum absolute atomic E-state index is 5.39. The first-order valence-electron chi connectivity index (χ1n) is 17.5. The minimum atomic E-state index is 0.632. The van der Waals surface area contributed by atoms with Crippen molar-refractivity contribution in [2.24, 2.45) is 0 Å². The Bertz CT molecular complexity index is 3190. The summed E-state index contributed by atoms with van der Waals surface area (Å²) < 4.78 is 4.89. The lowest BCUT2D eigenvalue weighted by molar-refractivity contribution is 1.07. The maximum Gasteiger partial charge on any atom is 0.166 e. The van der Waals surface area contributed by atoms with E-state index in [0.29, 0.717) is 17.5 Å². The smallest absolute Gasteiger partial charge is 0.166 e. The van der Waals surface area contributed by atoms with Gasteiger partial charge < -0.3 is 4.57 Å². The van der Waals surface area contributed by atoms with Crippen LogP contribution in [0.15, 0.2) is 170 Å². The number of aromatic nitrogens is 4. The lowest BCUT2D eigenvalue weighted by atomic mass is 10.0. The van der Waals surface area contributed by atoms with Crippen LogP contribution < -0.4 is 0 Å². The van der Waals surface area contributed by atoms with Gasteiger partial charge in [0.2, 0.25) is 0 Å². The number of benzene rings is 8. The second-order valence-electron chi connectivity index (χ2n) is 13.2. The summed E-state index contributed by atoms with van der Waals surface area (Å²) in [4.78, 5) is 15.9. The summed E-state index contributed by atoms with van der Waals surface area (Å²) in [7, 11) is 0. The molecule has 5 heteroatoms. The van der Waals surface area contributed by atoms with Gasteiger partial charge in [0.1, 0.15) is 0 Å². The van der Waals surface area contributed by atoms with Gasteiger partial charge in [0.05, 0.1) is 16.7 Å². The minimum absolute atomic E-state index is 0.632. The Morgan fingerprint density at radius 3 is 1.87 bits per heavy atom. The predicted octanol–water partition coefficient (Wildman–Crippen LogP) is 12.6. The highest BCUT2D eigenvalue weighted by Crippen LogP contribution is 2.43. The molecule has 0 spiro atoms. The number of thiophene rings is 1. The van der Waals surface area contributed by atoms with Crippen LogP contribution in [-0.2, 0) is 0 Å². The van der Waals surface area contributed by atoms with E-state index in [9.17, 15) is 0 Å². The molecule has 0 atom stereocenters. The van der Waals surface area contributed by atoms with Crippen LogP contribution in [0.1, 0.15) is 0 Å². The van der Waals surface area contributed by atoms with Gasteiger partial charge in [0, 0.05) is 53.0 Å². The average molecular weight is 681 g/mol. The Morgan fingerprint density at radius 1 is 0.385 bits per heavy atom. The molecule has 11 aromatic rings. The second-order valence-corrected chi connectivity index (χ2v) is 14.3. The first-order chi connectivity index (χ1) is 25.8. The lowest BCUT2D eigenvalue weighted by Gasteiger charge is -2.17. The van der Waals surface area contributed by atoms with Crippen LogP contribution in [-0.4, -0.2) is 19.5 Å². The highest BCUT2D eigenvalue weighted by molar-refractivity contribution is 7.25. The molecule has 52 heavy (non-hydrogen) atoms. The SMILES string of the molecule is c1ccc(-c2nc(-c3ccc4ccccc4c3-n3c4ccccc4c4cc5ccccc5cc43)nc(-c3cccc4sc5ccccc5c34)n2)cc1. The van der Waals surface area contributed by atoms with Crippen molar-refractivity contribution in [1.29, 1.82) is 0 Å². The summed E-state index contributed by atoms with van der Waals surface area (Å²) in [5, 5.41) is 9.51. The quantitative estimate of drug-likeness (QED) is 0.186. The van der Waals surface area contributed by atoms with Crippen LogP contribution in [0, 0.1) is 0 Å². The minimum Gasteiger partial charge on any atom is -0.308 e. The van der Waals surface area contributed by atoms with Gasteiger partial charge >= 0.3 is 0 Å². The van der Waals surface area contributed by atoms with Crippen LogP contribution in [0.25, 0.3) is 103 Å². The molecule has 0 saturated heterocycles. The molecule has 0 fully saturated rings. The van der Waals surface area contributed by atoms with Gasteiger partial charge in [-0.2, -0.15) is 0 Å². The van der Waals surface area contributed by atoms with Crippen molar-refractivity contribution >= 4 is 74.9 Å². The van der Waals surface area contributed by atoms with Gasteiger partial charge in [-0.3, -0.25) is 0 Å². The van der Waals surface area contributed by atoms with Gasteiger partial charge in [0.25, 0.3) is 0 Å². The first-order valence-corrected chi connectivity index (χ1v) is 18.3. The van der Waals surface area contributed by atoms with Crippen molar-refractivity contribution in [2.75, 3.05) is 0 Å². The molecule has 0 aliphatic rings. The van der Waals surface area contributed by atoms with E-state index < -0.39 is 0 Å². The largest absolute Gasteiger partial charge is 0.308 e. The molecule has 0 radical (unpaired) electrons. The van der Waals surface area contributed by atoms with E-state index >= 15 is 0 Å². The van der Waals surface area contributed by atoms with Gasteiger partial charge in [-0.1, -0.05) is 133 Å². The third kappa shape index (κ3) is 4.43. The fraction of sp³-hybridized carbons (Fsp3) is 0. The zero-order valence-corrected chi connectivity index (χ0v) is 28.7. The third-order valence-electron chi connectivity index (χ3n) is 10.2. The molecular weight excluding hydrogens is 653 g/mol. The normalized spacial score (nSPS) is 11.8. The average Bonchev–Trinajstić information content (AvgIpc) is 3.75. The Morgan fingerprint density at radius 2 is 1.02 bits per heavy atom. The van der Waals surface area contributed by atoms with Gasteiger partial charge in [-0.05, 0) is 52.6 Å². The van der Waals surface area contributed by atoms with Crippen LogP contribution in [0.3, 0.4) is 0 Å². The Hall–Kier alpha value is -6.69. The van der Waals surface area contributed by atoms with Crippen LogP contribution >= 0.6 is 11.3 Å². The molecule has 11 rings (SSSR count). The fourth-order valence-corrected chi connectivity index (χ4v) is 9.00. The molecule has 0 saturated carbocycles. The summed E-state index contributed by atoms with van der Waals surface area (Å²) in [6.07, 6.45) is 0. The van der Waals surface area contributed by atoms with E-state index in [1.807, 2.05) is 18.2 Å². The van der Waals surface area contributed by atoms with Gasteiger partial charge in [-0.25, -0.2) is 15.0 Å². The Kier molecular flexibility index (Phi) is 6.39. The third-order valence-corrected chi connectivity index (χ3v) is 11.4. The molecule has 242 valence electrons. The van der Waals surface area contributed by atoms with Crippen LogP contribution in [0.4, 0.5) is 0 Å². The van der Waals surface area contributed by atoms with Crippen molar-refractivity contribution in [1.82, 2.24) is 19.5 Å². The van der Waals surface area contributed by atoms with E-state index in [4.69, 9.17) is 15.0 Å². The van der Waals surface area contributed by atoms with Crippen LogP contribution in [0.5, 0.6) is 0 Å². The molecule has 0 aliphatic heterocycles. The topological polar surface area (TPSA) is 43.6 Å². The number of rotatable bonds is 4. The fourth-order valence-electron chi connectivity index (χ4n) is 7.87. The molecule has 8 aromatic carbocycles. The summed E-state index contributed by atoms with van der Waals surface area (Å²) in [6.45, 7) is 0. The Labute approximate surface area is 302 Å². The van der Waals surface area contributed by atoms with Crippen molar-refractivity contribution in [3.8, 4) is 39.9 Å². The summed E-state index contributed by atoms with van der Waals surface area (Å²) in [5.74, 6) is 1.93. The zero-order chi connectivity index (χ0) is 34.2. The summed E-state index contributed by atoms with van der Waals surface area (Å²) >= 11 is 1.80. The van der Waals surface area contributed by atoms with Crippen LogP contribution in [0.2, 0.25) is 0 Å². The van der Waals surface area contributed by atoms with Crippen molar-refractivity contribution in [2.45, 2.75) is 0 Å². The molecular formula is C47H28N4S. The number of fused-ring (bicyclic) bond motifs is 8. The predicted molar refractivity (Wildman–Crippen MR) is 218 cm³/mol. The van der Waals surface area contributed by atoms with Gasteiger partial charge in [0.15, 0.2) is 17.5 Å². The standard InChI is InChI=1S/C47H28N4S/c1-2-14-30(15-3-1)45-48-46(36-21-12-24-42-43(36)35-20-9-11-23-41(35)52-42)50-47(49-45)37-26-25-29-13-6-7-18-33(29)44(37)51-39-22-10-8-19-34(39)38-27-31-16-4-5-17-32(31)28-40(38)51/h1-28H. The second kappa shape index (κ2) is 11.4. The molecule has 0 aliphatic carbocycles. The number of nitrogens with zero attached hydrogens (tertiary/aromatic N) is 4. The van der Waals surface area contributed by atoms with Crippen molar-refractivity contribution in [3.63, 3.8) is 0 Å². The monoisotopic (exact) mass is 680 g/mol. The van der Waals surface area contributed by atoms with E-state index in [0.717, 1.165) is 44.2 Å². The number of para-hydroxylation sites is 1. The molecule has 0 N–H and O–H groups in total.